The fraction of sp³-hybridized carbons (Fsp3) is 0.643. The Morgan fingerprint density at radius 3 is 3.00 bits per heavy atom. The van der Waals surface area contributed by atoms with Crippen LogP contribution < -0.4 is 4.90 Å². The second kappa shape index (κ2) is 6.14. The van der Waals surface area contributed by atoms with Gasteiger partial charge >= 0.3 is 0 Å². The van der Waals surface area contributed by atoms with E-state index in [-0.39, 0.29) is 6.04 Å². The van der Waals surface area contributed by atoms with Gasteiger partial charge in [0.1, 0.15) is 6.07 Å². The first-order chi connectivity index (χ1) is 10.3. The third-order valence-corrected chi connectivity index (χ3v) is 4.44. The smallest absolute Gasteiger partial charge is 0.183 e. The minimum absolute atomic E-state index is 0.278. The van der Waals surface area contributed by atoms with Crippen molar-refractivity contribution in [3.63, 3.8) is 0 Å². The summed E-state index contributed by atoms with van der Waals surface area (Å²) in [5.41, 5.74) is 0.382. The summed E-state index contributed by atoms with van der Waals surface area (Å²) in [6, 6.07) is 2.80. The molecule has 2 fully saturated rings. The summed E-state index contributed by atoms with van der Waals surface area (Å²) in [5, 5.41) is 12.2. The Hall–Kier alpha value is -2.07. The number of fused-ring (bicyclic) bond motifs is 1. The lowest BCUT2D eigenvalue weighted by atomic mass is 9.93. The molecule has 0 amide bonds. The van der Waals surface area contributed by atoms with Crippen molar-refractivity contribution in [1.29, 1.82) is 5.26 Å². The van der Waals surface area contributed by atoms with Gasteiger partial charge in [0.15, 0.2) is 11.5 Å². The van der Waals surface area contributed by atoms with E-state index in [1.807, 2.05) is 0 Å². The topological polar surface area (TPSA) is 85.5 Å². The van der Waals surface area contributed by atoms with Crippen molar-refractivity contribution in [2.75, 3.05) is 31.1 Å². The fourth-order valence-electron chi connectivity index (χ4n) is 3.48. The van der Waals surface area contributed by atoms with Crippen molar-refractivity contribution < 1.29 is 0 Å². The van der Waals surface area contributed by atoms with Gasteiger partial charge in [-0.2, -0.15) is 10.2 Å². The number of nitriles is 1. The van der Waals surface area contributed by atoms with Gasteiger partial charge in [0.2, 0.25) is 0 Å². The standard InChI is InChI=1S/C14H18N6O/c15-8-13-14(17-5-4-16-13)19-6-7-20-11(9-18-21)2-1-3-12(20)10-19/h4-5,11-12H,1-3,6-7,9-10H2/t11-,12+/m1/s1. The molecule has 0 aliphatic carbocycles. The van der Waals surface area contributed by atoms with Crippen LogP contribution in [0.4, 0.5) is 5.82 Å². The highest BCUT2D eigenvalue weighted by Gasteiger charge is 2.35. The van der Waals surface area contributed by atoms with E-state index < -0.39 is 0 Å². The largest absolute Gasteiger partial charge is 0.351 e. The number of piperidine rings is 1. The lowest BCUT2D eigenvalue weighted by molar-refractivity contribution is 0.0762. The third kappa shape index (κ3) is 2.72. The number of hydrogen-bond acceptors (Lipinski definition) is 7. The van der Waals surface area contributed by atoms with E-state index in [9.17, 15) is 4.91 Å². The summed E-state index contributed by atoms with van der Waals surface area (Å²) in [4.78, 5) is 23.5. The molecule has 2 atom stereocenters. The molecule has 0 unspecified atom stereocenters. The van der Waals surface area contributed by atoms with E-state index in [0.717, 1.165) is 38.9 Å². The fourth-order valence-corrected chi connectivity index (χ4v) is 3.48. The van der Waals surface area contributed by atoms with Gasteiger partial charge in [0.05, 0.1) is 6.54 Å². The zero-order valence-corrected chi connectivity index (χ0v) is 11.9. The molecule has 21 heavy (non-hydrogen) atoms. The Morgan fingerprint density at radius 2 is 2.19 bits per heavy atom. The van der Waals surface area contributed by atoms with Crippen LogP contribution in [0, 0.1) is 16.2 Å². The maximum atomic E-state index is 10.6. The Balaban J connectivity index is 1.76. The molecule has 1 aromatic rings. The predicted molar refractivity (Wildman–Crippen MR) is 77.8 cm³/mol. The van der Waals surface area contributed by atoms with Crippen LogP contribution in [0.5, 0.6) is 0 Å². The van der Waals surface area contributed by atoms with Gasteiger partial charge in [0, 0.05) is 44.1 Å². The lowest BCUT2D eigenvalue weighted by Gasteiger charge is -2.48. The zero-order valence-electron chi connectivity index (χ0n) is 11.9. The van der Waals surface area contributed by atoms with Gasteiger partial charge in [-0.1, -0.05) is 11.6 Å². The van der Waals surface area contributed by atoms with Crippen LogP contribution >= 0.6 is 0 Å². The number of hydrogen-bond donors (Lipinski definition) is 0. The van der Waals surface area contributed by atoms with E-state index >= 15 is 0 Å². The first-order valence-corrected chi connectivity index (χ1v) is 7.34. The molecule has 3 heterocycles. The van der Waals surface area contributed by atoms with Crippen molar-refractivity contribution >= 4 is 5.82 Å². The molecule has 7 heteroatoms. The average Bonchev–Trinajstić information content (AvgIpc) is 2.55. The zero-order chi connectivity index (χ0) is 14.7. The summed E-state index contributed by atoms with van der Waals surface area (Å²) >= 11 is 0. The van der Waals surface area contributed by atoms with E-state index in [2.05, 4.69) is 31.0 Å². The number of nitroso groups, excluding NO2 is 1. The third-order valence-electron chi connectivity index (χ3n) is 4.44. The minimum Gasteiger partial charge on any atom is -0.351 e. The molecule has 0 radical (unpaired) electrons. The number of anilines is 1. The van der Waals surface area contributed by atoms with Gasteiger partial charge in [-0.05, 0) is 12.8 Å². The van der Waals surface area contributed by atoms with Crippen LogP contribution in [0.2, 0.25) is 0 Å². The molecule has 2 aliphatic heterocycles. The van der Waals surface area contributed by atoms with Gasteiger partial charge < -0.3 is 4.90 Å². The van der Waals surface area contributed by atoms with Gasteiger partial charge in [-0.15, -0.1) is 0 Å². The average molecular weight is 286 g/mol. The lowest BCUT2D eigenvalue weighted by Crippen LogP contribution is -2.59. The Kier molecular flexibility index (Phi) is 4.06. The van der Waals surface area contributed by atoms with Crippen LogP contribution in [0.25, 0.3) is 0 Å². The normalized spacial score (nSPS) is 26.0. The van der Waals surface area contributed by atoms with Crippen LogP contribution in [-0.2, 0) is 0 Å². The van der Waals surface area contributed by atoms with Crippen LogP contribution in [0.1, 0.15) is 25.0 Å². The van der Waals surface area contributed by atoms with Crippen molar-refractivity contribution in [2.45, 2.75) is 31.3 Å². The van der Waals surface area contributed by atoms with E-state index in [1.54, 1.807) is 12.4 Å². The summed E-state index contributed by atoms with van der Waals surface area (Å²) in [6.45, 7) is 2.90. The Labute approximate surface area is 123 Å². The Bertz CT molecular complexity index is 557. The molecule has 0 saturated carbocycles. The van der Waals surface area contributed by atoms with Gasteiger partial charge in [0.25, 0.3) is 0 Å². The molecule has 0 aromatic carbocycles. The number of nitrogens with zero attached hydrogens (tertiary/aromatic N) is 6. The molecule has 2 saturated heterocycles. The molecule has 0 N–H and O–H groups in total. The highest BCUT2D eigenvalue weighted by Crippen LogP contribution is 2.28. The highest BCUT2D eigenvalue weighted by atomic mass is 16.3. The second-order valence-corrected chi connectivity index (χ2v) is 5.57. The predicted octanol–water partition coefficient (Wildman–Crippen LogP) is 1.16. The quantitative estimate of drug-likeness (QED) is 0.775. The molecular weight excluding hydrogens is 268 g/mol. The maximum Gasteiger partial charge on any atom is 0.183 e. The van der Waals surface area contributed by atoms with E-state index in [0.29, 0.717) is 24.1 Å². The molecule has 2 aliphatic rings. The molecule has 110 valence electrons. The van der Waals surface area contributed by atoms with Crippen molar-refractivity contribution in [3.8, 4) is 6.07 Å². The first-order valence-electron chi connectivity index (χ1n) is 7.34. The minimum atomic E-state index is 0.278. The highest BCUT2D eigenvalue weighted by molar-refractivity contribution is 5.50. The van der Waals surface area contributed by atoms with Crippen molar-refractivity contribution in [3.05, 3.63) is 23.0 Å². The maximum absolute atomic E-state index is 10.6. The van der Waals surface area contributed by atoms with E-state index in [4.69, 9.17) is 5.26 Å². The molecule has 3 rings (SSSR count). The molecule has 0 spiro atoms. The Morgan fingerprint density at radius 1 is 1.33 bits per heavy atom. The molecule has 0 bridgehead atoms. The number of aromatic nitrogens is 2. The summed E-state index contributed by atoms with van der Waals surface area (Å²) in [5.74, 6) is 0.676. The second-order valence-electron chi connectivity index (χ2n) is 5.57. The van der Waals surface area contributed by atoms with Gasteiger partial charge in [-0.25, -0.2) is 9.97 Å². The number of rotatable bonds is 3. The summed E-state index contributed by atoms with van der Waals surface area (Å²) < 4.78 is 0. The van der Waals surface area contributed by atoms with Crippen molar-refractivity contribution in [2.24, 2.45) is 5.18 Å². The number of piperazine rings is 1. The summed E-state index contributed by atoms with van der Waals surface area (Å²) in [6.07, 6.45) is 6.47. The van der Waals surface area contributed by atoms with Crippen LogP contribution in [-0.4, -0.2) is 53.1 Å². The molecular formula is C14H18N6O. The summed E-state index contributed by atoms with van der Waals surface area (Å²) in [7, 11) is 0. The van der Waals surface area contributed by atoms with Gasteiger partial charge in [-0.3, -0.25) is 4.90 Å². The first kappa shape index (κ1) is 13.9. The molecule has 7 nitrogen and oxygen atoms in total. The SMILES string of the molecule is N#Cc1nccnc1N1CCN2[C@@H](CN=O)CCC[C@H]2C1. The van der Waals surface area contributed by atoms with E-state index in [1.165, 1.54) is 0 Å². The van der Waals surface area contributed by atoms with Crippen LogP contribution in [0.15, 0.2) is 17.6 Å². The molecule has 1 aromatic heterocycles. The van der Waals surface area contributed by atoms with Crippen molar-refractivity contribution in [1.82, 2.24) is 14.9 Å². The monoisotopic (exact) mass is 286 g/mol. The van der Waals surface area contributed by atoms with Crippen LogP contribution in [0.3, 0.4) is 0 Å².